The molecule has 84 valence electrons. The van der Waals surface area contributed by atoms with E-state index in [4.69, 9.17) is 10.5 Å². The fraction of sp³-hybridized carbons (Fsp3) is 0.500. The largest absolute Gasteiger partial charge is 0.504 e. The second kappa shape index (κ2) is 4.11. The van der Waals surface area contributed by atoms with Crippen LogP contribution < -0.4 is 10.5 Å². The van der Waals surface area contributed by atoms with Crippen LogP contribution in [0.5, 0.6) is 11.5 Å². The number of rotatable bonds is 3. The standard InChI is InChI=1S/C12H19NO2/c1-8-5-6-10(14)11(15-4)9(8)7-12(2,3)13/h5-6,14H,7,13H2,1-4H3. The average molecular weight is 209 g/mol. The van der Waals surface area contributed by atoms with E-state index in [0.29, 0.717) is 12.2 Å². The van der Waals surface area contributed by atoms with Gasteiger partial charge < -0.3 is 15.6 Å². The molecule has 0 radical (unpaired) electrons. The summed E-state index contributed by atoms with van der Waals surface area (Å²) in [6.07, 6.45) is 0.677. The summed E-state index contributed by atoms with van der Waals surface area (Å²) in [7, 11) is 1.56. The van der Waals surface area contributed by atoms with Crippen molar-refractivity contribution >= 4 is 0 Å². The van der Waals surface area contributed by atoms with Gasteiger partial charge in [0.1, 0.15) is 0 Å². The molecule has 0 amide bonds. The van der Waals surface area contributed by atoms with Gasteiger partial charge in [-0.3, -0.25) is 0 Å². The molecule has 0 fully saturated rings. The maximum Gasteiger partial charge on any atom is 0.163 e. The molecule has 3 heteroatoms. The van der Waals surface area contributed by atoms with Crippen molar-refractivity contribution in [1.29, 1.82) is 0 Å². The van der Waals surface area contributed by atoms with E-state index in [2.05, 4.69) is 0 Å². The third-order valence-corrected chi connectivity index (χ3v) is 2.31. The Bertz CT molecular complexity index is 353. The third kappa shape index (κ3) is 2.86. The number of hydrogen-bond donors (Lipinski definition) is 2. The minimum atomic E-state index is -0.314. The van der Waals surface area contributed by atoms with Crippen LogP contribution in [0.15, 0.2) is 12.1 Å². The Kier molecular flexibility index (Phi) is 3.25. The fourth-order valence-corrected chi connectivity index (χ4v) is 1.62. The van der Waals surface area contributed by atoms with Gasteiger partial charge in [-0.25, -0.2) is 0 Å². The van der Waals surface area contributed by atoms with Crippen molar-refractivity contribution in [2.75, 3.05) is 7.11 Å². The summed E-state index contributed by atoms with van der Waals surface area (Å²) >= 11 is 0. The van der Waals surface area contributed by atoms with Crippen molar-refractivity contribution in [3.05, 3.63) is 23.3 Å². The lowest BCUT2D eigenvalue weighted by Crippen LogP contribution is -2.34. The Morgan fingerprint density at radius 1 is 1.40 bits per heavy atom. The van der Waals surface area contributed by atoms with Crippen molar-refractivity contribution in [3.8, 4) is 11.5 Å². The van der Waals surface area contributed by atoms with E-state index in [1.54, 1.807) is 13.2 Å². The van der Waals surface area contributed by atoms with Crippen LogP contribution in [0.2, 0.25) is 0 Å². The van der Waals surface area contributed by atoms with Gasteiger partial charge >= 0.3 is 0 Å². The van der Waals surface area contributed by atoms with Crippen molar-refractivity contribution < 1.29 is 9.84 Å². The summed E-state index contributed by atoms with van der Waals surface area (Å²) in [6.45, 7) is 5.90. The summed E-state index contributed by atoms with van der Waals surface area (Å²) in [5, 5.41) is 9.65. The predicted octanol–water partition coefficient (Wildman–Crippen LogP) is 1.99. The summed E-state index contributed by atoms with van der Waals surface area (Å²) in [5.74, 6) is 0.705. The van der Waals surface area contributed by atoms with Crippen molar-refractivity contribution in [3.63, 3.8) is 0 Å². The number of nitrogens with two attached hydrogens (primary N) is 1. The highest BCUT2D eigenvalue weighted by molar-refractivity contribution is 5.50. The first-order valence-corrected chi connectivity index (χ1v) is 4.99. The topological polar surface area (TPSA) is 55.5 Å². The Labute approximate surface area is 90.9 Å². The van der Waals surface area contributed by atoms with Crippen LogP contribution in [-0.2, 0) is 6.42 Å². The van der Waals surface area contributed by atoms with Crippen molar-refractivity contribution in [2.24, 2.45) is 5.73 Å². The SMILES string of the molecule is COc1c(O)ccc(C)c1CC(C)(C)N. The molecule has 0 saturated heterocycles. The Balaban J connectivity index is 3.20. The number of phenolic OH excluding ortho intramolecular Hbond substituents is 1. The first-order valence-electron chi connectivity index (χ1n) is 4.99. The molecule has 0 atom stereocenters. The van der Waals surface area contributed by atoms with Crippen LogP contribution in [0.3, 0.4) is 0 Å². The molecule has 0 aliphatic carbocycles. The average Bonchev–Trinajstić information content (AvgIpc) is 2.10. The molecule has 0 spiro atoms. The van der Waals surface area contributed by atoms with Gasteiger partial charge in [0.05, 0.1) is 7.11 Å². The van der Waals surface area contributed by atoms with E-state index in [9.17, 15) is 5.11 Å². The summed E-state index contributed by atoms with van der Waals surface area (Å²) in [5.41, 5.74) is 7.72. The van der Waals surface area contributed by atoms with Crippen LogP contribution in [0.1, 0.15) is 25.0 Å². The van der Waals surface area contributed by atoms with Gasteiger partial charge in [0.25, 0.3) is 0 Å². The van der Waals surface area contributed by atoms with E-state index in [1.807, 2.05) is 26.8 Å². The second-order valence-corrected chi connectivity index (χ2v) is 4.58. The Morgan fingerprint density at radius 3 is 2.47 bits per heavy atom. The molecule has 3 N–H and O–H groups in total. The zero-order chi connectivity index (χ0) is 11.6. The molecule has 0 bridgehead atoms. The van der Waals surface area contributed by atoms with Gasteiger partial charge in [-0.15, -0.1) is 0 Å². The molecule has 0 unspecified atom stereocenters. The van der Waals surface area contributed by atoms with Crippen LogP contribution in [0, 0.1) is 6.92 Å². The molecule has 1 aromatic carbocycles. The van der Waals surface area contributed by atoms with Gasteiger partial charge in [0, 0.05) is 11.1 Å². The molecule has 0 saturated carbocycles. The number of aryl methyl sites for hydroxylation is 1. The lowest BCUT2D eigenvalue weighted by molar-refractivity contribution is 0.364. The molecule has 0 aliphatic rings. The molecular formula is C12H19NO2. The first-order chi connectivity index (χ1) is 6.85. The number of hydrogen-bond acceptors (Lipinski definition) is 3. The molecule has 15 heavy (non-hydrogen) atoms. The van der Waals surface area contributed by atoms with Crippen molar-refractivity contribution in [2.45, 2.75) is 32.7 Å². The molecule has 0 heterocycles. The molecule has 1 aromatic rings. The van der Waals surface area contributed by atoms with E-state index in [0.717, 1.165) is 11.1 Å². The van der Waals surface area contributed by atoms with E-state index in [1.165, 1.54) is 0 Å². The van der Waals surface area contributed by atoms with Gasteiger partial charge in [-0.05, 0) is 38.8 Å². The minimum absolute atomic E-state index is 0.169. The number of ether oxygens (including phenoxy) is 1. The Morgan fingerprint density at radius 2 is 2.00 bits per heavy atom. The maximum absolute atomic E-state index is 9.65. The normalized spacial score (nSPS) is 11.5. The van der Waals surface area contributed by atoms with Crippen LogP contribution in [0.4, 0.5) is 0 Å². The fourth-order valence-electron chi connectivity index (χ4n) is 1.62. The smallest absolute Gasteiger partial charge is 0.163 e. The van der Waals surface area contributed by atoms with E-state index < -0.39 is 0 Å². The zero-order valence-corrected chi connectivity index (χ0v) is 9.79. The van der Waals surface area contributed by atoms with Gasteiger partial charge in [-0.2, -0.15) is 0 Å². The zero-order valence-electron chi connectivity index (χ0n) is 9.79. The van der Waals surface area contributed by atoms with Gasteiger partial charge in [-0.1, -0.05) is 6.07 Å². The van der Waals surface area contributed by atoms with Crippen molar-refractivity contribution in [1.82, 2.24) is 0 Å². The van der Waals surface area contributed by atoms with Gasteiger partial charge in [0.15, 0.2) is 11.5 Å². The predicted molar refractivity (Wildman–Crippen MR) is 61.4 cm³/mol. The summed E-state index contributed by atoms with van der Waals surface area (Å²) in [6, 6.07) is 3.51. The minimum Gasteiger partial charge on any atom is -0.504 e. The lowest BCUT2D eigenvalue weighted by Gasteiger charge is -2.22. The number of aromatic hydroxyl groups is 1. The third-order valence-electron chi connectivity index (χ3n) is 2.31. The monoisotopic (exact) mass is 209 g/mol. The quantitative estimate of drug-likeness (QED) is 0.800. The molecule has 0 aliphatic heterocycles. The number of benzene rings is 1. The molecule has 3 nitrogen and oxygen atoms in total. The van der Waals surface area contributed by atoms with Crippen LogP contribution >= 0.6 is 0 Å². The first kappa shape index (κ1) is 11.9. The highest BCUT2D eigenvalue weighted by Gasteiger charge is 2.18. The molecule has 0 aromatic heterocycles. The maximum atomic E-state index is 9.65. The van der Waals surface area contributed by atoms with E-state index >= 15 is 0 Å². The Hall–Kier alpha value is -1.22. The highest BCUT2D eigenvalue weighted by atomic mass is 16.5. The summed E-state index contributed by atoms with van der Waals surface area (Å²) < 4.78 is 5.20. The number of methoxy groups -OCH3 is 1. The van der Waals surface area contributed by atoms with Gasteiger partial charge in [0.2, 0.25) is 0 Å². The highest BCUT2D eigenvalue weighted by Crippen LogP contribution is 2.34. The van der Waals surface area contributed by atoms with Crippen LogP contribution in [0.25, 0.3) is 0 Å². The molecule has 1 rings (SSSR count). The second-order valence-electron chi connectivity index (χ2n) is 4.58. The molecular weight excluding hydrogens is 190 g/mol. The van der Waals surface area contributed by atoms with Crippen LogP contribution in [-0.4, -0.2) is 17.8 Å². The number of phenols is 1. The van der Waals surface area contributed by atoms with E-state index in [-0.39, 0.29) is 11.3 Å². The lowest BCUT2D eigenvalue weighted by atomic mass is 9.92. The summed E-state index contributed by atoms with van der Waals surface area (Å²) in [4.78, 5) is 0.